The maximum atomic E-state index is 11.6. The van der Waals surface area contributed by atoms with Crippen LogP contribution in [0.15, 0.2) is 42.5 Å². The maximum absolute atomic E-state index is 11.6. The summed E-state index contributed by atoms with van der Waals surface area (Å²) in [5.41, 5.74) is 3.49. The Bertz CT molecular complexity index is 947. The summed E-state index contributed by atoms with van der Waals surface area (Å²) in [4.78, 5) is 14.9. The Morgan fingerprint density at radius 3 is 2.62 bits per heavy atom. The third-order valence-corrected chi connectivity index (χ3v) is 4.54. The number of rotatable bonds is 2. The number of phenolic OH excluding ortho intramolecular Hbond substituents is 2. The highest BCUT2D eigenvalue weighted by Gasteiger charge is 2.34. The normalized spacial score (nSPS) is 20.0. The fraction of sp³-hybridized carbons (Fsp3) is 0.167. The number of nitrogens with one attached hydrogen (secondary N) is 2. The van der Waals surface area contributed by atoms with Crippen molar-refractivity contribution in [2.24, 2.45) is 0 Å². The molecule has 0 saturated heterocycles. The Balaban J connectivity index is 1.90. The van der Waals surface area contributed by atoms with Crippen molar-refractivity contribution in [3.05, 3.63) is 59.3 Å². The molecular weight excluding hydrogens is 308 g/mol. The zero-order chi connectivity index (χ0) is 16.8. The summed E-state index contributed by atoms with van der Waals surface area (Å²) >= 11 is 0. The van der Waals surface area contributed by atoms with Crippen molar-refractivity contribution in [1.82, 2.24) is 10.3 Å². The number of carboxylic acids is 1. The molecule has 1 aliphatic heterocycles. The van der Waals surface area contributed by atoms with E-state index < -0.39 is 18.1 Å². The van der Waals surface area contributed by atoms with Gasteiger partial charge in [0.15, 0.2) is 11.5 Å². The number of hydrogen-bond acceptors (Lipinski definition) is 4. The SMILES string of the molecule is O=C(O)[C@H]1Cc2c([nH]c3ccccc23)[C@H](c2ccc(O)c(O)c2)N1. The van der Waals surface area contributed by atoms with E-state index >= 15 is 0 Å². The number of carboxylic acid groups (broad SMARTS) is 1. The smallest absolute Gasteiger partial charge is 0.321 e. The first kappa shape index (κ1) is 14.6. The molecule has 0 saturated carbocycles. The fourth-order valence-electron chi connectivity index (χ4n) is 3.38. The minimum atomic E-state index is -0.918. The van der Waals surface area contributed by atoms with Crippen molar-refractivity contribution < 1.29 is 20.1 Å². The molecule has 0 amide bonds. The number of aliphatic carboxylic acids is 1. The van der Waals surface area contributed by atoms with E-state index in [1.807, 2.05) is 24.3 Å². The van der Waals surface area contributed by atoms with Gasteiger partial charge in [0, 0.05) is 23.0 Å². The van der Waals surface area contributed by atoms with Gasteiger partial charge in [-0.2, -0.15) is 0 Å². The maximum Gasteiger partial charge on any atom is 0.321 e. The van der Waals surface area contributed by atoms with Gasteiger partial charge in [-0.15, -0.1) is 0 Å². The molecule has 0 spiro atoms. The average Bonchev–Trinajstić information content (AvgIpc) is 2.95. The van der Waals surface area contributed by atoms with Gasteiger partial charge in [-0.3, -0.25) is 10.1 Å². The Labute approximate surface area is 137 Å². The number of phenols is 2. The van der Waals surface area contributed by atoms with E-state index in [0.717, 1.165) is 22.2 Å². The molecule has 0 aliphatic carbocycles. The summed E-state index contributed by atoms with van der Waals surface area (Å²) in [6.07, 6.45) is 0.384. The topological polar surface area (TPSA) is 106 Å². The molecule has 5 N–H and O–H groups in total. The molecule has 2 heterocycles. The lowest BCUT2D eigenvalue weighted by molar-refractivity contribution is -0.139. The van der Waals surface area contributed by atoms with Gasteiger partial charge in [0.2, 0.25) is 0 Å². The first-order valence-corrected chi connectivity index (χ1v) is 7.65. The van der Waals surface area contributed by atoms with Crippen LogP contribution in [0.4, 0.5) is 0 Å². The van der Waals surface area contributed by atoms with Crippen LogP contribution in [0, 0.1) is 0 Å². The Morgan fingerprint density at radius 1 is 1.08 bits per heavy atom. The molecule has 24 heavy (non-hydrogen) atoms. The van der Waals surface area contributed by atoms with Gasteiger partial charge in [0.1, 0.15) is 6.04 Å². The van der Waals surface area contributed by atoms with Crippen LogP contribution in [0.5, 0.6) is 11.5 Å². The first-order chi connectivity index (χ1) is 11.5. The summed E-state index contributed by atoms with van der Waals surface area (Å²) < 4.78 is 0. The number of aromatic amines is 1. The van der Waals surface area contributed by atoms with Gasteiger partial charge in [0.25, 0.3) is 0 Å². The number of aromatic nitrogens is 1. The second-order valence-electron chi connectivity index (χ2n) is 6.01. The largest absolute Gasteiger partial charge is 0.504 e. The van der Waals surface area contributed by atoms with Crippen molar-refractivity contribution in [3.63, 3.8) is 0 Å². The van der Waals surface area contributed by atoms with Gasteiger partial charge in [-0.1, -0.05) is 24.3 Å². The molecule has 0 unspecified atom stereocenters. The van der Waals surface area contributed by atoms with Gasteiger partial charge in [-0.05, 0) is 29.3 Å². The minimum Gasteiger partial charge on any atom is -0.504 e. The molecule has 1 aliphatic rings. The van der Waals surface area contributed by atoms with E-state index in [-0.39, 0.29) is 11.5 Å². The van der Waals surface area contributed by atoms with Crippen LogP contribution in [0.2, 0.25) is 0 Å². The van der Waals surface area contributed by atoms with Crippen LogP contribution in [0.25, 0.3) is 10.9 Å². The summed E-state index contributed by atoms with van der Waals surface area (Å²) in [5.74, 6) is -1.36. The summed E-state index contributed by atoms with van der Waals surface area (Å²) in [5, 5.41) is 32.9. The van der Waals surface area contributed by atoms with Crippen LogP contribution in [-0.2, 0) is 11.2 Å². The molecule has 0 fully saturated rings. The highest BCUT2D eigenvalue weighted by atomic mass is 16.4. The van der Waals surface area contributed by atoms with Crippen molar-refractivity contribution >= 4 is 16.9 Å². The molecule has 6 nitrogen and oxygen atoms in total. The van der Waals surface area contributed by atoms with Crippen molar-refractivity contribution in [3.8, 4) is 11.5 Å². The number of fused-ring (bicyclic) bond motifs is 3. The number of aromatic hydroxyl groups is 2. The van der Waals surface area contributed by atoms with Crippen molar-refractivity contribution in [2.45, 2.75) is 18.5 Å². The Morgan fingerprint density at radius 2 is 1.88 bits per heavy atom. The molecule has 2 atom stereocenters. The number of para-hydroxylation sites is 1. The summed E-state index contributed by atoms with van der Waals surface area (Å²) in [6.45, 7) is 0. The molecular formula is C18H16N2O4. The quantitative estimate of drug-likeness (QED) is 0.465. The minimum absolute atomic E-state index is 0.207. The summed E-state index contributed by atoms with van der Waals surface area (Å²) in [7, 11) is 0. The second-order valence-corrected chi connectivity index (χ2v) is 6.01. The monoisotopic (exact) mass is 324 g/mol. The predicted octanol–water partition coefficient (Wildman–Crippen LogP) is 2.27. The van der Waals surface area contributed by atoms with E-state index in [9.17, 15) is 20.1 Å². The molecule has 6 heteroatoms. The van der Waals surface area contributed by atoms with Gasteiger partial charge >= 0.3 is 5.97 Å². The van der Waals surface area contributed by atoms with E-state index in [0.29, 0.717) is 12.0 Å². The fourth-order valence-corrected chi connectivity index (χ4v) is 3.38. The lowest BCUT2D eigenvalue weighted by Gasteiger charge is -2.29. The van der Waals surface area contributed by atoms with Gasteiger partial charge < -0.3 is 20.3 Å². The first-order valence-electron chi connectivity index (χ1n) is 7.65. The lowest BCUT2D eigenvalue weighted by atomic mass is 9.90. The molecule has 0 radical (unpaired) electrons. The van der Waals surface area contributed by atoms with Crippen LogP contribution in [0.1, 0.15) is 22.9 Å². The van der Waals surface area contributed by atoms with E-state index in [2.05, 4.69) is 10.3 Å². The highest BCUT2D eigenvalue weighted by molar-refractivity contribution is 5.87. The third kappa shape index (κ3) is 2.19. The highest BCUT2D eigenvalue weighted by Crippen LogP contribution is 2.37. The third-order valence-electron chi connectivity index (χ3n) is 4.54. The molecule has 4 rings (SSSR count). The molecule has 3 aromatic rings. The Kier molecular flexibility index (Phi) is 3.21. The molecule has 1 aromatic heterocycles. The number of H-pyrrole nitrogens is 1. The van der Waals surface area contributed by atoms with E-state index in [4.69, 9.17) is 0 Å². The van der Waals surface area contributed by atoms with E-state index in [1.165, 1.54) is 12.1 Å². The predicted molar refractivity (Wildman–Crippen MR) is 88.2 cm³/mol. The Hall–Kier alpha value is -2.99. The number of hydrogen-bond donors (Lipinski definition) is 5. The van der Waals surface area contributed by atoms with Crippen LogP contribution in [0.3, 0.4) is 0 Å². The van der Waals surface area contributed by atoms with Crippen LogP contribution < -0.4 is 5.32 Å². The van der Waals surface area contributed by atoms with E-state index in [1.54, 1.807) is 6.07 Å². The van der Waals surface area contributed by atoms with Gasteiger partial charge in [0.05, 0.1) is 6.04 Å². The molecule has 122 valence electrons. The van der Waals surface area contributed by atoms with Crippen molar-refractivity contribution in [2.75, 3.05) is 0 Å². The zero-order valence-electron chi connectivity index (χ0n) is 12.7. The second kappa shape index (κ2) is 5.28. The zero-order valence-corrected chi connectivity index (χ0v) is 12.7. The molecule has 0 bridgehead atoms. The average molecular weight is 324 g/mol. The number of benzene rings is 2. The van der Waals surface area contributed by atoms with Crippen LogP contribution >= 0.6 is 0 Å². The van der Waals surface area contributed by atoms with Crippen molar-refractivity contribution in [1.29, 1.82) is 0 Å². The standard InChI is InChI=1S/C18H16N2O4/c21-14-6-5-9(7-15(14)22)16-17-11(8-13(20-16)18(23)24)10-3-1-2-4-12(10)19-17/h1-7,13,16,19-22H,8H2,(H,23,24)/t13-,16+/m1/s1. The summed E-state index contributed by atoms with van der Waals surface area (Å²) in [6, 6.07) is 11.2. The van der Waals surface area contributed by atoms with Crippen LogP contribution in [-0.4, -0.2) is 32.3 Å². The lowest BCUT2D eigenvalue weighted by Crippen LogP contribution is -2.44. The molecule has 2 aromatic carbocycles. The number of carbonyl (C=O) groups is 1. The van der Waals surface area contributed by atoms with Gasteiger partial charge in [-0.25, -0.2) is 0 Å².